The van der Waals surface area contributed by atoms with Gasteiger partial charge >= 0.3 is 5.97 Å². The van der Waals surface area contributed by atoms with E-state index in [9.17, 15) is 4.79 Å². The summed E-state index contributed by atoms with van der Waals surface area (Å²) >= 11 is 6.74. The minimum absolute atomic E-state index is 0. The van der Waals surface area contributed by atoms with Crippen LogP contribution in [-0.2, 0) is 16.0 Å². The molecular formula is C10H12Br2ClNO2. The van der Waals surface area contributed by atoms with Gasteiger partial charge in [0.25, 0.3) is 0 Å². The fourth-order valence-corrected chi connectivity index (χ4v) is 2.61. The Kier molecular flexibility index (Phi) is 7.22. The summed E-state index contributed by atoms with van der Waals surface area (Å²) in [6, 6.07) is 5.16. The van der Waals surface area contributed by atoms with E-state index >= 15 is 0 Å². The number of methoxy groups -OCH3 is 1. The molecule has 0 saturated carbocycles. The predicted molar refractivity (Wildman–Crippen MR) is 72.8 cm³/mol. The molecule has 0 aromatic heterocycles. The fraction of sp³-hybridized carbons (Fsp3) is 0.300. The van der Waals surface area contributed by atoms with Gasteiger partial charge in [0.15, 0.2) is 0 Å². The number of hydrogen-bond acceptors (Lipinski definition) is 3. The van der Waals surface area contributed by atoms with Crippen molar-refractivity contribution in [1.82, 2.24) is 0 Å². The Morgan fingerprint density at radius 2 is 1.88 bits per heavy atom. The third-order valence-electron chi connectivity index (χ3n) is 1.88. The van der Waals surface area contributed by atoms with E-state index in [0.29, 0.717) is 6.42 Å². The lowest BCUT2D eigenvalue weighted by atomic mass is 10.1. The maximum Gasteiger partial charge on any atom is 0.322 e. The Morgan fingerprint density at radius 3 is 2.31 bits per heavy atom. The first-order valence-corrected chi connectivity index (χ1v) is 5.90. The van der Waals surface area contributed by atoms with E-state index in [0.717, 1.165) is 14.5 Å². The fourth-order valence-electron chi connectivity index (χ4n) is 1.22. The van der Waals surface area contributed by atoms with Crippen LogP contribution in [0.1, 0.15) is 5.56 Å². The Hall–Kier alpha value is -0.100. The third kappa shape index (κ3) is 4.82. The molecule has 16 heavy (non-hydrogen) atoms. The molecule has 1 atom stereocenters. The Labute approximate surface area is 117 Å². The molecule has 0 radical (unpaired) electrons. The van der Waals surface area contributed by atoms with E-state index in [1.807, 2.05) is 18.2 Å². The number of halogens is 3. The van der Waals surface area contributed by atoms with Crippen molar-refractivity contribution in [2.75, 3.05) is 7.11 Å². The summed E-state index contributed by atoms with van der Waals surface area (Å²) in [5, 5.41) is 0. The molecule has 1 aromatic rings. The maximum atomic E-state index is 11.1. The first-order chi connectivity index (χ1) is 7.02. The largest absolute Gasteiger partial charge is 0.468 e. The molecule has 3 nitrogen and oxygen atoms in total. The van der Waals surface area contributed by atoms with Crippen molar-refractivity contribution in [2.24, 2.45) is 5.73 Å². The summed E-state index contributed by atoms with van der Waals surface area (Å²) < 4.78 is 6.45. The summed E-state index contributed by atoms with van der Waals surface area (Å²) in [6.07, 6.45) is 0.463. The molecule has 2 N–H and O–H groups in total. The average molecular weight is 373 g/mol. The molecule has 0 bridgehead atoms. The van der Waals surface area contributed by atoms with Crippen molar-refractivity contribution in [3.8, 4) is 0 Å². The van der Waals surface area contributed by atoms with Crippen molar-refractivity contribution in [2.45, 2.75) is 12.5 Å². The van der Waals surface area contributed by atoms with Gasteiger partial charge in [0, 0.05) is 8.95 Å². The molecule has 1 aromatic carbocycles. The molecule has 0 spiro atoms. The van der Waals surface area contributed by atoms with Crippen LogP contribution < -0.4 is 5.73 Å². The number of nitrogens with two attached hydrogens (primary N) is 1. The molecular weight excluding hydrogens is 361 g/mol. The lowest BCUT2D eigenvalue weighted by Gasteiger charge is -2.09. The lowest BCUT2D eigenvalue weighted by molar-refractivity contribution is -0.142. The van der Waals surface area contributed by atoms with Crippen molar-refractivity contribution in [3.05, 3.63) is 32.7 Å². The highest BCUT2D eigenvalue weighted by atomic mass is 79.9. The number of esters is 1. The van der Waals surface area contributed by atoms with E-state index in [1.165, 1.54) is 7.11 Å². The standard InChI is InChI=1S/C10H11Br2NO2.ClH/c1-15-10(14)9(13)4-6-2-7(11)5-8(12)3-6;/h2-3,5,9H,4,13H2,1H3;1H. The first kappa shape index (κ1) is 15.9. The summed E-state index contributed by atoms with van der Waals surface area (Å²) in [6.45, 7) is 0. The second-order valence-corrected chi connectivity index (χ2v) is 4.94. The van der Waals surface area contributed by atoms with Crippen molar-refractivity contribution < 1.29 is 9.53 Å². The number of carbonyl (C=O) groups is 1. The quantitative estimate of drug-likeness (QED) is 0.829. The summed E-state index contributed by atoms with van der Waals surface area (Å²) in [5.74, 6) is -0.397. The van der Waals surface area contributed by atoms with Crippen LogP contribution in [0.25, 0.3) is 0 Å². The van der Waals surface area contributed by atoms with Crippen LogP contribution in [0.15, 0.2) is 27.1 Å². The van der Waals surface area contributed by atoms with Gasteiger partial charge in [-0.05, 0) is 30.2 Å². The molecule has 0 amide bonds. The molecule has 0 aliphatic heterocycles. The van der Waals surface area contributed by atoms with E-state index in [-0.39, 0.29) is 12.4 Å². The van der Waals surface area contributed by atoms with Crippen LogP contribution in [0.5, 0.6) is 0 Å². The maximum absolute atomic E-state index is 11.1. The predicted octanol–water partition coefficient (Wildman–Crippen LogP) is 2.68. The highest BCUT2D eigenvalue weighted by molar-refractivity contribution is 9.11. The van der Waals surface area contributed by atoms with Crippen LogP contribution in [-0.4, -0.2) is 19.1 Å². The second-order valence-electron chi connectivity index (χ2n) is 3.11. The van der Waals surface area contributed by atoms with Crippen LogP contribution in [0.4, 0.5) is 0 Å². The van der Waals surface area contributed by atoms with Crippen molar-refractivity contribution in [1.29, 1.82) is 0 Å². The molecule has 0 fully saturated rings. The highest BCUT2D eigenvalue weighted by Gasteiger charge is 2.14. The van der Waals surface area contributed by atoms with Crippen LogP contribution >= 0.6 is 44.3 Å². The SMILES string of the molecule is COC(=O)C(N)Cc1cc(Br)cc(Br)c1.Cl. The minimum Gasteiger partial charge on any atom is -0.468 e. The zero-order valence-electron chi connectivity index (χ0n) is 8.57. The highest BCUT2D eigenvalue weighted by Crippen LogP contribution is 2.20. The van der Waals surface area contributed by atoms with Gasteiger partial charge in [-0.15, -0.1) is 12.4 Å². The lowest BCUT2D eigenvalue weighted by Crippen LogP contribution is -2.33. The number of hydrogen-bond donors (Lipinski definition) is 1. The average Bonchev–Trinajstić information content (AvgIpc) is 2.14. The van der Waals surface area contributed by atoms with E-state index in [2.05, 4.69) is 36.6 Å². The van der Waals surface area contributed by atoms with Crippen molar-refractivity contribution >= 4 is 50.2 Å². The summed E-state index contributed by atoms with van der Waals surface area (Å²) in [4.78, 5) is 11.1. The molecule has 0 heterocycles. The van der Waals surface area contributed by atoms with Gasteiger partial charge in [0.1, 0.15) is 6.04 Å². The number of ether oxygens (including phenoxy) is 1. The van der Waals surface area contributed by atoms with Crippen LogP contribution in [0.2, 0.25) is 0 Å². The number of benzene rings is 1. The van der Waals surface area contributed by atoms with Crippen LogP contribution in [0.3, 0.4) is 0 Å². The van der Waals surface area contributed by atoms with Crippen LogP contribution in [0, 0.1) is 0 Å². The molecule has 1 unspecified atom stereocenters. The molecule has 0 aliphatic rings. The minimum atomic E-state index is -0.615. The summed E-state index contributed by atoms with van der Waals surface area (Å²) in [7, 11) is 1.33. The second kappa shape index (κ2) is 7.27. The number of carbonyl (C=O) groups excluding carboxylic acids is 1. The number of rotatable bonds is 3. The Balaban J connectivity index is 0.00000225. The van der Waals surface area contributed by atoms with E-state index in [1.54, 1.807) is 0 Å². The van der Waals surface area contributed by atoms with Gasteiger partial charge < -0.3 is 10.5 Å². The molecule has 6 heteroatoms. The Morgan fingerprint density at radius 1 is 1.38 bits per heavy atom. The van der Waals surface area contributed by atoms with Crippen molar-refractivity contribution in [3.63, 3.8) is 0 Å². The topological polar surface area (TPSA) is 52.3 Å². The monoisotopic (exact) mass is 371 g/mol. The summed E-state index contributed by atoms with van der Waals surface area (Å²) in [5.41, 5.74) is 6.64. The zero-order valence-corrected chi connectivity index (χ0v) is 12.6. The van der Waals surface area contributed by atoms with E-state index < -0.39 is 12.0 Å². The van der Waals surface area contributed by atoms with Gasteiger partial charge in [-0.2, -0.15) is 0 Å². The normalized spacial score (nSPS) is 11.5. The van der Waals surface area contributed by atoms with Gasteiger partial charge in [-0.3, -0.25) is 4.79 Å². The van der Waals surface area contributed by atoms with Gasteiger partial charge in [0.05, 0.1) is 7.11 Å². The van der Waals surface area contributed by atoms with Gasteiger partial charge in [-0.25, -0.2) is 0 Å². The third-order valence-corrected chi connectivity index (χ3v) is 2.80. The zero-order chi connectivity index (χ0) is 11.4. The molecule has 0 aliphatic carbocycles. The first-order valence-electron chi connectivity index (χ1n) is 4.31. The molecule has 1 rings (SSSR count). The molecule has 90 valence electrons. The smallest absolute Gasteiger partial charge is 0.322 e. The molecule has 0 saturated heterocycles. The van der Waals surface area contributed by atoms with Gasteiger partial charge in [-0.1, -0.05) is 31.9 Å². The van der Waals surface area contributed by atoms with E-state index in [4.69, 9.17) is 5.73 Å². The Bertz CT molecular complexity index is 354. The van der Waals surface area contributed by atoms with Gasteiger partial charge in [0.2, 0.25) is 0 Å².